The molecule has 2 heterocycles. The van der Waals surface area contributed by atoms with E-state index in [4.69, 9.17) is 0 Å². The molecular formula is C19H31N5OS. The van der Waals surface area contributed by atoms with Crippen LogP contribution in [0.1, 0.15) is 52.5 Å². The average molecular weight is 378 g/mol. The zero-order valence-electron chi connectivity index (χ0n) is 16.3. The second-order valence-corrected chi connectivity index (χ2v) is 8.65. The third-order valence-electron chi connectivity index (χ3n) is 5.14. The molecule has 2 fully saturated rings. The Bertz CT molecular complexity index is 646. The number of nitrogens with zero attached hydrogens (tertiary/aromatic N) is 5. The fourth-order valence-electron chi connectivity index (χ4n) is 3.36. The van der Waals surface area contributed by atoms with Gasteiger partial charge in [0.2, 0.25) is 11.9 Å². The Morgan fingerprint density at radius 1 is 1.27 bits per heavy atom. The smallest absolute Gasteiger partial charge is 0.233 e. The van der Waals surface area contributed by atoms with E-state index in [-0.39, 0.29) is 5.91 Å². The van der Waals surface area contributed by atoms with Gasteiger partial charge in [0.05, 0.1) is 5.75 Å². The molecule has 0 aromatic carbocycles. The minimum atomic E-state index is 0.138. The van der Waals surface area contributed by atoms with Crippen LogP contribution in [0.15, 0.2) is 17.3 Å². The zero-order chi connectivity index (χ0) is 18.7. The van der Waals surface area contributed by atoms with Crippen LogP contribution in [0.4, 0.5) is 5.95 Å². The van der Waals surface area contributed by atoms with Crippen LogP contribution < -0.4 is 4.90 Å². The van der Waals surface area contributed by atoms with Gasteiger partial charge in [-0.25, -0.2) is 0 Å². The van der Waals surface area contributed by atoms with Gasteiger partial charge in [-0.15, -0.1) is 10.2 Å². The normalized spacial score (nSPS) is 18.2. The lowest BCUT2D eigenvalue weighted by atomic mass is 10.00. The van der Waals surface area contributed by atoms with Crippen LogP contribution in [-0.2, 0) is 4.79 Å². The van der Waals surface area contributed by atoms with Crippen molar-refractivity contribution in [3.05, 3.63) is 12.2 Å². The van der Waals surface area contributed by atoms with Gasteiger partial charge in [-0.3, -0.25) is 9.36 Å². The van der Waals surface area contributed by atoms with Crippen molar-refractivity contribution in [2.45, 2.75) is 57.7 Å². The van der Waals surface area contributed by atoms with E-state index >= 15 is 0 Å². The van der Waals surface area contributed by atoms with E-state index in [0.29, 0.717) is 24.9 Å². The Morgan fingerprint density at radius 2 is 1.96 bits per heavy atom. The first-order chi connectivity index (χ1) is 12.5. The van der Waals surface area contributed by atoms with Crippen LogP contribution in [0.25, 0.3) is 0 Å². The standard InChI is InChI=1S/C19H31N5OS/c1-5-22(12-14(2)3)17(25)13-26-19-21-20-18(24(19)16-6-7-16)23-10-8-15(4)9-11-23/h15-16H,2,5-13H2,1,3-4H3. The van der Waals surface area contributed by atoms with Crippen molar-refractivity contribution in [1.82, 2.24) is 19.7 Å². The number of hydrogen-bond donors (Lipinski definition) is 0. The largest absolute Gasteiger partial charge is 0.341 e. The minimum absolute atomic E-state index is 0.138. The lowest BCUT2D eigenvalue weighted by Crippen LogP contribution is -2.35. The van der Waals surface area contributed by atoms with Crippen molar-refractivity contribution in [3.8, 4) is 0 Å². The molecule has 0 spiro atoms. The van der Waals surface area contributed by atoms with Crippen LogP contribution in [0.3, 0.4) is 0 Å². The molecule has 1 aromatic rings. The second-order valence-electron chi connectivity index (χ2n) is 7.71. The topological polar surface area (TPSA) is 54.3 Å². The number of amides is 1. The van der Waals surface area contributed by atoms with Crippen LogP contribution in [0.2, 0.25) is 0 Å². The Balaban J connectivity index is 1.67. The molecule has 1 aromatic heterocycles. The van der Waals surface area contributed by atoms with Crippen molar-refractivity contribution in [3.63, 3.8) is 0 Å². The summed E-state index contributed by atoms with van der Waals surface area (Å²) in [6.45, 7) is 13.6. The lowest BCUT2D eigenvalue weighted by molar-refractivity contribution is -0.127. The molecule has 1 aliphatic carbocycles. The van der Waals surface area contributed by atoms with E-state index in [2.05, 4.69) is 33.2 Å². The number of likely N-dealkylation sites (N-methyl/N-ethyl adjacent to an activating group) is 1. The van der Waals surface area contributed by atoms with Gasteiger partial charge in [0, 0.05) is 32.2 Å². The van der Waals surface area contributed by atoms with Gasteiger partial charge in [-0.05, 0) is 45.4 Å². The van der Waals surface area contributed by atoms with Gasteiger partial charge in [0.15, 0.2) is 5.16 Å². The van der Waals surface area contributed by atoms with Gasteiger partial charge in [-0.2, -0.15) is 0 Å². The molecule has 0 N–H and O–H groups in total. The molecule has 144 valence electrons. The number of thioether (sulfide) groups is 1. The summed E-state index contributed by atoms with van der Waals surface area (Å²) in [5.74, 6) is 2.34. The summed E-state index contributed by atoms with van der Waals surface area (Å²) >= 11 is 1.52. The molecule has 7 heteroatoms. The van der Waals surface area contributed by atoms with Crippen LogP contribution in [0.5, 0.6) is 0 Å². The fourth-order valence-corrected chi connectivity index (χ4v) is 4.27. The van der Waals surface area contributed by atoms with E-state index in [1.54, 1.807) is 0 Å². The van der Waals surface area contributed by atoms with Crippen molar-refractivity contribution in [1.29, 1.82) is 0 Å². The quantitative estimate of drug-likeness (QED) is 0.514. The Labute approximate surface area is 161 Å². The Morgan fingerprint density at radius 3 is 2.54 bits per heavy atom. The summed E-state index contributed by atoms with van der Waals surface area (Å²) in [5, 5.41) is 9.82. The monoisotopic (exact) mass is 377 g/mol. The van der Waals surface area contributed by atoms with Crippen molar-refractivity contribution < 1.29 is 4.79 Å². The summed E-state index contributed by atoms with van der Waals surface area (Å²) in [6.07, 6.45) is 4.80. The fraction of sp³-hybridized carbons (Fsp3) is 0.737. The highest BCUT2D eigenvalue weighted by atomic mass is 32.2. The predicted molar refractivity (Wildman–Crippen MR) is 107 cm³/mol. The average Bonchev–Trinajstić information content (AvgIpc) is 3.37. The van der Waals surface area contributed by atoms with E-state index in [0.717, 1.165) is 35.7 Å². The summed E-state index contributed by atoms with van der Waals surface area (Å²) in [5.41, 5.74) is 1.01. The third kappa shape index (κ3) is 4.61. The molecule has 1 amide bonds. The van der Waals surface area contributed by atoms with E-state index in [1.807, 2.05) is 18.7 Å². The first-order valence-corrected chi connectivity index (χ1v) is 10.7. The summed E-state index contributed by atoms with van der Waals surface area (Å²) in [6, 6.07) is 0.509. The van der Waals surface area contributed by atoms with Gasteiger partial charge < -0.3 is 9.80 Å². The van der Waals surface area contributed by atoms with Crippen LogP contribution in [0, 0.1) is 5.92 Å². The summed E-state index contributed by atoms with van der Waals surface area (Å²) in [7, 11) is 0. The molecule has 0 atom stereocenters. The number of carbonyl (C=O) groups excluding carboxylic acids is 1. The van der Waals surface area contributed by atoms with Gasteiger partial charge in [0.1, 0.15) is 0 Å². The second kappa shape index (κ2) is 8.46. The van der Waals surface area contributed by atoms with Gasteiger partial charge >= 0.3 is 0 Å². The molecule has 1 aliphatic heterocycles. The van der Waals surface area contributed by atoms with E-state index < -0.39 is 0 Å². The molecule has 6 nitrogen and oxygen atoms in total. The Kier molecular flexibility index (Phi) is 6.27. The first kappa shape index (κ1) is 19.3. The van der Waals surface area contributed by atoms with Gasteiger partial charge in [-0.1, -0.05) is 30.8 Å². The van der Waals surface area contributed by atoms with Crippen molar-refractivity contribution in [2.75, 3.05) is 36.8 Å². The van der Waals surface area contributed by atoms with E-state index in [1.165, 1.54) is 37.4 Å². The maximum atomic E-state index is 12.5. The molecule has 1 saturated carbocycles. The highest BCUT2D eigenvalue weighted by Crippen LogP contribution is 2.41. The molecule has 1 saturated heterocycles. The third-order valence-corrected chi connectivity index (χ3v) is 6.07. The SMILES string of the molecule is C=C(C)CN(CC)C(=O)CSc1nnc(N2CCC(C)CC2)n1C1CC1. The van der Waals surface area contributed by atoms with Crippen LogP contribution in [-0.4, -0.2) is 57.5 Å². The molecule has 0 radical (unpaired) electrons. The molecular weight excluding hydrogens is 346 g/mol. The maximum Gasteiger partial charge on any atom is 0.233 e. The molecule has 0 bridgehead atoms. The Hall–Kier alpha value is -1.50. The minimum Gasteiger partial charge on any atom is -0.341 e. The van der Waals surface area contributed by atoms with Gasteiger partial charge in [0.25, 0.3) is 0 Å². The van der Waals surface area contributed by atoms with E-state index in [9.17, 15) is 4.79 Å². The molecule has 2 aliphatic rings. The summed E-state index contributed by atoms with van der Waals surface area (Å²) < 4.78 is 2.28. The number of rotatable bonds is 8. The highest BCUT2D eigenvalue weighted by Gasteiger charge is 2.32. The number of anilines is 1. The summed E-state index contributed by atoms with van der Waals surface area (Å²) in [4.78, 5) is 16.7. The molecule has 26 heavy (non-hydrogen) atoms. The van der Waals surface area contributed by atoms with Crippen molar-refractivity contribution >= 4 is 23.6 Å². The zero-order valence-corrected chi connectivity index (χ0v) is 17.1. The lowest BCUT2D eigenvalue weighted by Gasteiger charge is -2.31. The number of aromatic nitrogens is 3. The molecule has 0 unspecified atom stereocenters. The number of piperidine rings is 1. The van der Waals surface area contributed by atoms with Crippen molar-refractivity contribution in [2.24, 2.45) is 5.92 Å². The first-order valence-electron chi connectivity index (χ1n) is 9.74. The van der Waals surface area contributed by atoms with Crippen LogP contribution >= 0.6 is 11.8 Å². The molecule has 3 rings (SSSR count). The number of hydrogen-bond acceptors (Lipinski definition) is 5. The maximum absolute atomic E-state index is 12.5. The predicted octanol–water partition coefficient (Wildman–Crippen LogP) is 3.37. The number of carbonyl (C=O) groups is 1. The highest BCUT2D eigenvalue weighted by molar-refractivity contribution is 7.99.